The third-order valence-electron chi connectivity index (χ3n) is 5.26. The number of amides is 1. The molecule has 2 aliphatic heterocycles. The highest BCUT2D eigenvalue weighted by Gasteiger charge is 2.35. The molecular weight excluding hydrogens is 367 g/mol. The Bertz CT molecular complexity index is 793. The Labute approximate surface area is 161 Å². The van der Waals surface area contributed by atoms with Gasteiger partial charge in [-0.15, -0.1) is 11.3 Å². The van der Waals surface area contributed by atoms with Gasteiger partial charge in [0.05, 0.1) is 36.5 Å². The average molecular weight is 390 g/mol. The lowest BCUT2D eigenvalue weighted by Gasteiger charge is -2.38. The molecule has 2 aliphatic rings. The van der Waals surface area contributed by atoms with Gasteiger partial charge in [-0.3, -0.25) is 9.69 Å². The molecule has 0 saturated carbocycles. The fourth-order valence-corrected chi connectivity index (χ4v) is 4.23. The molecule has 2 aromatic rings. The standard InChI is InChI=1S/C19H23FN4O2S/c1-23-2-4-24(5-3-23)18-10-26-9-16(18)22-19(25)14-6-13(7-15(20)8-14)17-11-27-12-21-17/h6-8,11-12,16,18H,2-5,9-10H2,1H3,(H,22,25)/t16-,18-/m0/s1. The lowest BCUT2D eigenvalue weighted by atomic mass is 10.1. The van der Waals surface area contributed by atoms with Crippen molar-refractivity contribution in [2.45, 2.75) is 12.1 Å². The van der Waals surface area contributed by atoms with Crippen LogP contribution >= 0.6 is 11.3 Å². The third-order valence-corrected chi connectivity index (χ3v) is 5.85. The van der Waals surface area contributed by atoms with Gasteiger partial charge in [-0.25, -0.2) is 9.37 Å². The second-order valence-corrected chi connectivity index (χ2v) is 7.84. The number of aromatic nitrogens is 1. The number of hydrogen-bond acceptors (Lipinski definition) is 6. The molecule has 144 valence electrons. The van der Waals surface area contributed by atoms with Crippen LogP contribution in [0.1, 0.15) is 10.4 Å². The molecule has 27 heavy (non-hydrogen) atoms. The second kappa shape index (κ2) is 8.02. The summed E-state index contributed by atoms with van der Waals surface area (Å²) >= 11 is 1.44. The van der Waals surface area contributed by atoms with Gasteiger partial charge in [-0.05, 0) is 25.2 Å². The summed E-state index contributed by atoms with van der Waals surface area (Å²) in [5.41, 5.74) is 3.28. The van der Waals surface area contributed by atoms with Crippen molar-refractivity contribution in [1.82, 2.24) is 20.1 Å². The molecule has 0 bridgehead atoms. The number of nitrogens with one attached hydrogen (secondary N) is 1. The van der Waals surface area contributed by atoms with Crippen LogP contribution in [0.3, 0.4) is 0 Å². The van der Waals surface area contributed by atoms with E-state index in [4.69, 9.17) is 4.74 Å². The van der Waals surface area contributed by atoms with E-state index in [2.05, 4.69) is 27.1 Å². The minimum absolute atomic E-state index is 0.0908. The lowest BCUT2D eigenvalue weighted by molar-refractivity contribution is 0.0829. The van der Waals surface area contributed by atoms with Gasteiger partial charge in [-0.1, -0.05) is 0 Å². The molecule has 0 radical (unpaired) electrons. The van der Waals surface area contributed by atoms with Gasteiger partial charge in [0.25, 0.3) is 5.91 Å². The number of nitrogens with zero attached hydrogens (tertiary/aromatic N) is 3. The summed E-state index contributed by atoms with van der Waals surface area (Å²) in [6.07, 6.45) is 0. The molecule has 0 unspecified atom stereocenters. The highest BCUT2D eigenvalue weighted by atomic mass is 32.1. The Morgan fingerprint density at radius 1 is 1.26 bits per heavy atom. The van der Waals surface area contributed by atoms with Crippen molar-refractivity contribution in [1.29, 1.82) is 0 Å². The number of benzene rings is 1. The van der Waals surface area contributed by atoms with Gasteiger partial charge in [0, 0.05) is 42.7 Å². The fourth-order valence-electron chi connectivity index (χ4n) is 3.67. The molecule has 1 amide bonds. The smallest absolute Gasteiger partial charge is 0.251 e. The number of hydrogen-bond donors (Lipinski definition) is 1. The maximum absolute atomic E-state index is 14.1. The fraction of sp³-hybridized carbons (Fsp3) is 0.474. The van der Waals surface area contributed by atoms with E-state index in [9.17, 15) is 9.18 Å². The maximum atomic E-state index is 14.1. The minimum atomic E-state index is -0.441. The molecule has 2 atom stereocenters. The van der Waals surface area contributed by atoms with E-state index in [0.717, 1.165) is 26.2 Å². The molecule has 8 heteroatoms. The molecule has 4 rings (SSSR count). The monoisotopic (exact) mass is 390 g/mol. The number of thiazole rings is 1. The van der Waals surface area contributed by atoms with Gasteiger partial charge in [0.1, 0.15) is 5.82 Å². The number of ether oxygens (including phenoxy) is 1. The highest BCUT2D eigenvalue weighted by Crippen LogP contribution is 2.22. The van der Waals surface area contributed by atoms with Crippen LogP contribution in [-0.4, -0.2) is 79.2 Å². The number of likely N-dealkylation sites (N-methyl/N-ethyl adjacent to an activating group) is 1. The van der Waals surface area contributed by atoms with Crippen molar-refractivity contribution >= 4 is 17.2 Å². The summed E-state index contributed by atoms with van der Waals surface area (Å²) in [7, 11) is 2.12. The maximum Gasteiger partial charge on any atom is 0.251 e. The summed E-state index contributed by atoms with van der Waals surface area (Å²) in [6, 6.07) is 4.43. The Morgan fingerprint density at radius 2 is 2.07 bits per heavy atom. The first-order valence-corrected chi connectivity index (χ1v) is 10.0. The molecule has 1 N–H and O–H groups in total. The van der Waals surface area contributed by atoms with Crippen LogP contribution in [0.2, 0.25) is 0 Å². The largest absolute Gasteiger partial charge is 0.378 e. The molecule has 0 aliphatic carbocycles. The first-order chi connectivity index (χ1) is 13.1. The number of rotatable bonds is 4. The highest BCUT2D eigenvalue weighted by molar-refractivity contribution is 7.07. The van der Waals surface area contributed by atoms with Crippen LogP contribution in [0.15, 0.2) is 29.1 Å². The lowest BCUT2D eigenvalue weighted by Crippen LogP contribution is -2.56. The van der Waals surface area contributed by atoms with E-state index < -0.39 is 5.82 Å². The quantitative estimate of drug-likeness (QED) is 0.861. The van der Waals surface area contributed by atoms with Gasteiger partial charge in [0.2, 0.25) is 0 Å². The zero-order chi connectivity index (χ0) is 18.8. The Morgan fingerprint density at radius 3 is 2.81 bits per heavy atom. The summed E-state index contributed by atoms with van der Waals surface area (Å²) in [5.74, 6) is -0.718. The van der Waals surface area contributed by atoms with E-state index in [1.54, 1.807) is 11.6 Å². The Kier molecular flexibility index (Phi) is 5.49. The van der Waals surface area contributed by atoms with Crippen LogP contribution in [0.25, 0.3) is 11.3 Å². The summed E-state index contributed by atoms with van der Waals surface area (Å²) in [4.78, 5) is 21.7. The van der Waals surface area contributed by atoms with E-state index in [0.29, 0.717) is 30.0 Å². The van der Waals surface area contributed by atoms with Gasteiger partial charge in [0.15, 0.2) is 0 Å². The molecule has 3 heterocycles. The van der Waals surface area contributed by atoms with Crippen molar-refractivity contribution < 1.29 is 13.9 Å². The number of carbonyl (C=O) groups is 1. The van der Waals surface area contributed by atoms with E-state index in [1.807, 2.05) is 5.38 Å². The normalized spacial score (nSPS) is 24.2. The minimum Gasteiger partial charge on any atom is -0.378 e. The van der Waals surface area contributed by atoms with E-state index in [1.165, 1.54) is 23.5 Å². The van der Waals surface area contributed by atoms with Crippen LogP contribution in [0, 0.1) is 5.82 Å². The van der Waals surface area contributed by atoms with Crippen LogP contribution < -0.4 is 5.32 Å². The molecule has 6 nitrogen and oxygen atoms in total. The van der Waals surface area contributed by atoms with Gasteiger partial charge in [-0.2, -0.15) is 0 Å². The Hall–Kier alpha value is -1.87. The van der Waals surface area contributed by atoms with Crippen LogP contribution in [0.4, 0.5) is 4.39 Å². The molecule has 1 aromatic heterocycles. The average Bonchev–Trinajstić information content (AvgIpc) is 3.34. The van der Waals surface area contributed by atoms with Crippen molar-refractivity contribution in [3.05, 3.63) is 40.5 Å². The molecule has 2 fully saturated rings. The SMILES string of the molecule is CN1CCN([C@H]2COC[C@@H]2NC(=O)c2cc(F)cc(-c3cscn3)c2)CC1. The Balaban J connectivity index is 1.47. The van der Waals surface area contributed by atoms with Crippen molar-refractivity contribution in [3.63, 3.8) is 0 Å². The molecular formula is C19H23FN4O2S. The van der Waals surface area contributed by atoms with Crippen molar-refractivity contribution in [3.8, 4) is 11.3 Å². The zero-order valence-electron chi connectivity index (χ0n) is 15.2. The predicted molar refractivity (Wildman–Crippen MR) is 102 cm³/mol. The second-order valence-electron chi connectivity index (χ2n) is 7.13. The molecule has 1 aromatic carbocycles. The van der Waals surface area contributed by atoms with E-state index >= 15 is 0 Å². The molecule has 2 saturated heterocycles. The van der Waals surface area contributed by atoms with Crippen molar-refractivity contribution in [2.24, 2.45) is 0 Å². The first kappa shape index (κ1) is 18.5. The van der Waals surface area contributed by atoms with Crippen molar-refractivity contribution in [2.75, 3.05) is 46.4 Å². The predicted octanol–water partition coefficient (Wildman–Crippen LogP) is 1.69. The summed E-state index contributed by atoms with van der Waals surface area (Å²) in [6.45, 7) is 5.05. The van der Waals surface area contributed by atoms with Gasteiger partial charge >= 0.3 is 0 Å². The van der Waals surface area contributed by atoms with E-state index in [-0.39, 0.29) is 18.0 Å². The number of halogens is 1. The topological polar surface area (TPSA) is 57.7 Å². The van der Waals surface area contributed by atoms with Crippen LogP contribution in [-0.2, 0) is 4.74 Å². The zero-order valence-corrected chi connectivity index (χ0v) is 16.0. The molecule has 0 spiro atoms. The van der Waals surface area contributed by atoms with Crippen LogP contribution in [0.5, 0.6) is 0 Å². The summed E-state index contributed by atoms with van der Waals surface area (Å²) in [5, 5.41) is 4.89. The first-order valence-electron chi connectivity index (χ1n) is 9.10. The van der Waals surface area contributed by atoms with Gasteiger partial charge < -0.3 is 15.0 Å². The third kappa shape index (κ3) is 4.19. The number of carbonyl (C=O) groups excluding carboxylic acids is 1. The number of piperazine rings is 1. The summed E-state index contributed by atoms with van der Waals surface area (Å²) < 4.78 is 19.7.